The molecule has 2 heterocycles. The summed E-state index contributed by atoms with van der Waals surface area (Å²) in [5.74, 6) is 6.80. The summed E-state index contributed by atoms with van der Waals surface area (Å²) >= 11 is 0. The van der Waals surface area contributed by atoms with Gasteiger partial charge in [-0.2, -0.15) is 0 Å². The minimum Gasteiger partial charge on any atom is -0.300 e. The molecule has 0 amide bonds. The fraction of sp³-hybridized carbons (Fsp3) is 0.963. The number of fused-ring (bicyclic) bond motifs is 9. The Morgan fingerprint density at radius 1 is 0.897 bits per heavy atom. The highest BCUT2D eigenvalue weighted by Crippen LogP contribution is 2.70. The lowest BCUT2D eigenvalue weighted by Gasteiger charge is -2.60. The van der Waals surface area contributed by atoms with Crippen molar-refractivity contribution in [1.29, 1.82) is 0 Å². The van der Waals surface area contributed by atoms with E-state index in [1.807, 2.05) is 0 Å². The van der Waals surface area contributed by atoms with Crippen LogP contribution in [0, 0.1) is 52.3 Å². The molecule has 0 N–H and O–H groups in total. The number of Topliss-reactive ketones (excluding diaryl/α,β-unsaturated/α-hetero) is 1. The van der Waals surface area contributed by atoms with Crippen molar-refractivity contribution in [1.82, 2.24) is 4.90 Å². The fourth-order valence-electron chi connectivity index (χ4n) is 10.8. The lowest BCUT2D eigenvalue weighted by atomic mass is 9.44. The van der Waals surface area contributed by atoms with Crippen LogP contribution in [0.4, 0.5) is 0 Å². The van der Waals surface area contributed by atoms with E-state index in [2.05, 4.69) is 32.6 Å². The Hall–Kier alpha value is -0.370. The standard InChI is InChI=1S/C27H43NO/c1-16-5-8-23-17(2)25-24(28(23)15-16)14-22-20-7-6-18-13-19(29)9-11-26(18,3)21(20)10-12-27(22,25)4/h16-18,20-25H,5-15H2,1-4H3/t16-,17-,18-,20+,21-,22-,23+,24-,25-,26-,27-/m0/s1. The van der Waals surface area contributed by atoms with Crippen molar-refractivity contribution in [3.8, 4) is 0 Å². The Balaban J connectivity index is 1.31. The number of nitrogens with zero attached hydrogens (tertiary/aromatic N) is 1. The van der Waals surface area contributed by atoms with Crippen LogP contribution >= 0.6 is 0 Å². The van der Waals surface area contributed by atoms with Crippen molar-refractivity contribution < 1.29 is 4.79 Å². The summed E-state index contributed by atoms with van der Waals surface area (Å²) in [6, 6.07) is 1.76. The average molecular weight is 398 g/mol. The van der Waals surface area contributed by atoms with Gasteiger partial charge in [0.2, 0.25) is 0 Å². The van der Waals surface area contributed by atoms with Gasteiger partial charge in [-0.25, -0.2) is 0 Å². The quantitative estimate of drug-likeness (QED) is 0.504. The van der Waals surface area contributed by atoms with Crippen molar-refractivity contribution >= 4 is 5.78 Å². The van der Waals surface area contributed by atoms with E-state index in [1.54, 1.807) is 0 Å². The monoisotopic (exact) mass is 397 g/mol. The number of ketones is 1. The van der Waals surface area contributed by atoms with Crippen LogP contribution < -0.4 is 0 Å². The van der Waals surface area contributed by atoms with E-state index in [-0.39, 0.29) is 0 Å². The third-order valence-corrected chi connectivity index (χ3v) is 12.1. The molecule has 6 rings (SSSR count). The molecule has 0 radical (unpaired) electrons. The third-order valence-electron chi connectivity index (χ3n) is 12.1. The minimum absolute atomic E-state index is 0.462. The van der Waals surface area contributed by atoms with E-state index < -0.39 is 0 Å². The van der Waals surface area contributed by atoms with Gasteiger partial charge in [-0.1, -0.05) is 27.7 Å². The molecule has 6 fully saturated rings. The lowest BCUT2D eigenvalue weighted by molar-refractivity contribution is -0.140. The van der Waals surface area contributed by atoms with Gasteiger partial charge in [0.15, 0.2) is 0 Å². The molecule has 2 heteroatoms. The molecule has 0 unspecified atom stereocenters. The van der Waals surface area contributed by atoms with Gasteiger partial charge in [0.1, 0.15) is 5.78 Å². The third kappa shape index (κ3) is 2.48. The maximum Gasteiger partial charge on any atom is 0.133 e. The van der Waals surface area contributed by atoms with Crippen molar-refractivity contribution in [2.45, 2.75) is 104 Å². The zero-order valence-electron chi connectivity index (χ0n) is 19.3. The second-order valence-corrected chi connectivity index (χ2v) is 13.1. The summed E-state index contributed by atoms with van der Waals surface area (Å²) in [6.45, 7) is 11.8. The van der Waals surface area contributed by atoms with Gasteiger partial charge in [-0.05, 0) is 104 Å². The molecule has 0 spiro atoms. The van der Waals surface area contributed by atoms with Gasteiger partial charge in [-0.15, -0.1) is 0 Å². The predicted octanol–water partition coefficient (Wildman–Crippen LogP) is 5.94. The number of rotatable bonds is 0. The van der Waals surface area contributed by atoms with E-state index >= 15 is 0 Å². The SMILES string of the molecule is C[C@H]1CC[C@@H]2[C@H](C)[C@H]3[C@H](C[C@H]4[C@@H]5CC[C@H]6CC(=O)CC[C@]6(C)[C@H]5CC[C@]34C)N2C1. The first-order valence-electron chi connectivity index (χ1n) is 13.1. The van der Waals surface area contributed by atoms with Crippen LogP contribution in [0.5, 0.6) is 0 Å². The van der Waals surface area contributed by atoms with Crippen LogP contribution in [0.1, 0.15) is 91.9 Å². The summed E-state index contributed by atoms with van der Waals surface area (Å²) in [6.07, 6.45) is 13.0. The van der Waals surface area contributed by atoms with Crippen LogP contribution in [0.2, 0.25) is 0 Å². The number of hydrogen-bond acceptors (Lipinski definition) is 2. The van der Waals surface area contributed by atoms with Gasteiger partial charge in [0.25, 0.3) is 0 Å². The first-order valence-corrected chi connectivity index (χ1v) is 13.1. The summed E-state index contributed by atoms with van der Waals surface area (Å²) < 4.78 is 0. The topological polar surface area (TPSA) is 20.3 Å². The van der Waals surface area contributed by atoms with Crippen LogP contribution in [-0.2, 0) is 4.79 Å². The van der Waals surface area contributed by atoms with Gasteiger partial charge in [-0.3, -0.25) is 9.69 Å². The largest absolute Gasteiger partial charge is 0.300 e. The molecule has 0 bridgehead atoms. The second-order valence-electron chi connectivity index (χ2n) is 13.1. The van der Waals surface area contributed by atoms with Crippen LogP contribution in [0.15, 0.2) is 0 Å². The predicted molar refractivity (Wildman–Crippen MR) is 117 cm³/mol. The Kier molecular flexibility index (Phi) is 4.22. The minimum atomic E-state index is 0.462. The second kappa shape index (κ2) is 6.33. The maximum atomic E-state index is 12.2. The Labute approximate surface area is 178 Å². The molecule has 2 aliphatic heterocycles. The molecular weight excluding hydrogens is 354 g/mol. The molecule has 162 valence electrons. The van der Waals surface area contributed by atoms with Gasteiger partial charge in [0.05, 0.1) is 0 Å². The number of carbonyl (C=O) groups is 1. The molecule has 0 aromatic carbocycles. The van der Waals surface area contributed by atoms with E-state index in [1.165, 1.54) is 57.9 Å². The van der Waals surface area contributed by atoms with Crippen LogP contribution in [0.3, 0.4) is 0 Å². The highest BCUT2D eigenvalue weighted by molar-refractivity contribution is 5.79. The summed E-state index contributed by atoms with van der Waals surface area (Å²) in [7, 11) is 0. The zero-order chi connectivity index (χ0) is 20.1. The number of carbonyl (C=O) groups excluding carboxylic acids is 1. The lowest BCUT2D eigenvalue weighted by Crippen LogP contribution is -2.54. The fourth-order valence-corrected chi connectivity index (χ4v) is 10.8. The van der Waals surface area contributed by atoms with Gasteiger partial charge >= 0.3 is 0 Å². The Morgan fingerprint density at radius 3 is 2.55 bits per heavy atom. The van der Waals surface area contributed by atoms with Gasteiger partial charge in [0, 0.05) is 31.5 Å². The van der Waals surface area contributed by atoms with E-state index in [0.29, 0.717) is 22.5 Å². The Morgan fingerprint density at radius 2 is 1.72 bits per heavy atom. The maximum absolute atomic E-state index is 12.2. The highest BCUT2D eigenvalue weighted by atomic mass is 16.1. The normalized spacial score (nSPS) is 59.4. The summed E-state index contributed by atoms with van der Waals surface area (Å²) in [5.41, 5.74) is 1.04. The molecule has 0 aromatic heterocycles. The van der Waals surface area contributed by atoms with Crippen LogP contribution in [-0.4, -0.2) is 29.3 Å². The van der Waals surface area contributed by atoms with Crippen molar-refractivity contribution in [3.63, 3.8) is 0 Å². The Bertz CT molecular complexity index is 703. The molecule has 11 atom stereocenters. The van der Waals surface area contributed by atoms with Crippen LogP contribution in [0.25, 0.3) is 0 Å². The van der Waals surface area contributed by atoms with Gasteiger partial charge < -0.3 is 0 Å². The highest BCUT2D eigenvalue weighted by Gasteiger charge is 2.66. The summed E-state index contributed by atoms with van der Waals surface area (Å²) in [4.78, 5) is 15.2. The zero-order valence-corrected chi connectivity index (χ0v) is 19.3. The first-order chi connectivity index (χ1) is 13.8. The van der Waals surface area contributed by atoms with E-state index in [0.717, 1.165) is 60.4 Å². The molecule has 0 aromatic rings. The summed E-state index contributed by atoms with van der Waals surface area (Å²) in [5, 5.41) is 0. The van der Waals surface area contributed by atoms with Crippen molar-refractivity contribution in [2.75, 3.05) is 6.54 Å². The molecule has 2 saturated heterocycles. The molecule has 4 saturated carbocycles. The van der Waals surface area contributed by atoms with E-state index in [4.69, 9.17) is 0 Å². The van der Waals surface area contributed by atoms with Crippen molar-refractivity contribution in [3.05, 3.63) is 0 Å². The number of piperidine rings is 1. The number of hydrogen-bond donors (Lipinski definition) is 0. The van der Waals surface area contributed by atoms with Crippen molar-refractivity contribution in [2.24, 2.45) is 52.3 Å². The molecule has 29 heavy (non-hydrogen) atoms. The molecule has 2 nitrogen and oxygen atoms in total. The molecule has 6 aliphatic rings. The average Bonchev–Trinajstić information content (AvgIpc) is 3.15. The smallest absolute Gasteiger partial charge is 0.133 e. The van der Waals surface area contributed by atoms with E-state index in [9.17, 15) is 4.79 Å². The molecular formula is C27H43NO. The molecule has 4 aliphatic carbocycles. The first kappa shape index (κ1) is 19.3.